The molecule has 208 valence electrons. The molecule has 3 aliphatic carbocycles. The summed E-state index contributed by atoms with van der Waals surface area (Å²) in [6, 6.07) is 14.2. The molecule has 2 aliphatic heterocycles. The quantitative estimate of drug-likeness (QED) is 0.314. The number of aromatic hydroxyl groups is 1. The van der Waals surface area contributed by atoms with Gasteiger partial charge in [0.25, 0.3) is 0 Å². The van der Waals surface area contributed by atoms with Crippen molar-refractivity contribution in [3.05, 3.63) is 87.4 Å². The summed E-state index contributed by atoms with van der Waals surface area (Å²) in [4.78, 5) is 58.0. The average Bonchev–Trinajstić information content (AvgIpc) is 3.25. The third kappa shape index (κ3) is 4.05. The van der Waals surface area contributed by atoms with E-state index >= 15 is 0 Å². The average molecular weight is 615 g/mol. The molecule has 2 saturated heterocycles. The lowest BCUT2D eigenvalue weighted by Gasteiger charge is -2.42. The predicted molar refractivity (Wildman–Crippen MR) is 155 cm³/mol. The van der Waals surface area contributed by atoms with E-state index in [0.717, 1.165) is 24.4 Å². The van der Waals surface area contributed by atoms with Crippen LogP contribution in [0, 0.1) is 17.8 Å². The summed E-state index contributed by atoms with van der Waals surface area (Å²) in [5.41, 5.74) is 3.53. The van der Waals surface area contributed by atoms with Gasteiger partial charge in [-0.05, 0) is 65.0 Å². The second kappa shape index (κ2) is 9.92. The minimum absolute atomic E-state index is 0.0118. The Morgan fingerprint density at radius 1 is 0.878 bits per heavy atom. The van der Waals surface area contributed by atoms with E-state index in [0.29, 0.717) is 42.0 Å². The molecule has 7 rings (SSSR count). The number of carbonyl (C=O) groups excluding carboxylic acids is 4. The lowest BCUT2D eigenvalue weighted by atomic mass is 9.59. The van der Waals surface area contributed by atoms with Crippen LogP contribution in [0.2, 0.25) is 0 Å². The smallest absolute Gasteiger partial charge is 0.238 e. The van der Waals surface area contributed by atoms with E-state index in [4.69, 9.17) is 4.74 Å². The molecule has 0 spiro atoms. The normalized spacial score (nSPS) is 27.8. The van der Waals surface area contributed by atoms with Crippen LogP contribution in [-0.4, -0.2) is 54.8 Å². The number of imide groups is 1. The van der Waals surface area contributed by atoms with Crippen molar-refractivity contribution >= 4 is 50.7 Å². The van der Waals surface area contributed by atoms with Gasteiger partial charge in [0.05, 0.1) is 35.2 Å². The van der Waals surface area contributed by atoms with Gasteiger partial charge in [-0.2, -0.15) is 0 Å². The Morgan fingerprint density at radius 2 is 1.59 bits per heavy atom. The van der Waals surface area contributed by atoms with Crippen LogP contribution in [-0.2, 0) is 23.9 Å². The number of hydrogen-bond acceptors (Lipinski definition) is 7. The van der Waals surface area contributed by atoms with Gasteiger partial charge in [0.15, 0.2) is 11.6 Å². The van der Waals surface area contributed by atoms with Crippen molar-refractivity contribution in [3.63, 3.8) is 0 Å². The van der Waals surface area contributed by atoms with Gasteiger partial charge in [0.2, 0.25) is 11.8 Å². The predicted octanol–water partition coefficient (Wildman–Crippen LogP) is 4.20. The zero-order valence-corrected chi connectivity index (χ0v) is 23.7. The highest BCUT2D eigenvalue weighted by Gasteiger charge is 2.56. The number of ether oxygens (including phenoxy) is 1. The van der Waals surface area contributed by atoms with Crippen LogP contribution < -0.4 is 9.80 Å². The number of ketones is 2. The van der Waals surface area contributed by atoms with Crippen molar-refractivity contribution in [1.29, 1.82) is 0 Å². The summed E-state index contributed by atoms with van der Waals surface area (Å²) in [5, 5.41) is 10.8. The Morgan fingerprint density at radius 3 is 2.32 bits per heavy atom. The second-order valence-corrected chi connectivity index (χ2v) is 11.9. The van der Waals surface area contributed by atoms with Gasteiger partial charge in [-0.25, -0.2) is 0 Å². The molecule has 4 unspecified atom stereocenters. The molecule has 2 aromatic carbocycles. The van der Waals surface area contributed by atoms with Crippen LogP contribution in [0.1, 0.15) is 24.3 Å². The van der Waals surface area contributed by atoms with Gasteiger partial charge in [-0.15, -0.1) is 0 Å². The van der Waals surface area contributed by atoms with E-state index in [1.807, 2.05) is 30.3 Å². The Bertz CT molecular complexity index is 1600. The standard InChI is InChI=1S/C32H27BrN2O6/c33-24-16-26(37)29-23(30(24)38)15-22-19(27(29)20-3-1-2-4-25(20)36)9-10-21-28(22)32(40)35(31(21)39)18-7-5-17(6-8-18)34-11-13-41-14-12-34/h1-9,16,21-22,27-28,36H,10-15H2. The van der Waals surface area contributed by atoms with Gasteiger partial charge in [0, 0.05) is 47.5 Å². The molecule has 2 heterocycles. The monoisotopic (exact) mass is 614 g/mol. The number of benzene rings is 2. The molecule has 8 nitrogen and oxygen atoms in total. The van der Waals surface area contributed by atoms with Crippen LogP contribution in [0.5, 0.6) is 5.75 Å². The second-order valence-electron chi connectivity index (χ2n) is 11.1. The molecule has 0 saturated carbocycles. The number of carbonyl (C=O) groups is 4. The maximum Gasteiger partial charge on any atom is 0.238 e. The molecule has 2 amide bonds. The third-order valence-electron chi connectivity index (χ3n) is 9.06. The number of phenols is 1. The maximum absolute atomic E-state index is 14.1. The van der Waals surface area contributed by atoms with Crippen molar-refractivity contribution in [2.75, 3.05) is 36.1 Å². The van der Waals surface area contributed by atoms with Gasteiger partial charge in [0.1, 0.15) is 5.75 Å². The number of halogens is 1. The van der Waals surface area contributed by atoms with Crippen LogP contribution in [0.25, 0.3) is 0 Å². The summed E-state index contributed by atoms with van der Waals surface area (Å²) in [6.45, 7) is 2.88. The molecule has 2 fully saturated rings. The summed E-state index contributed by atoms with van der Waals surface area (Å²) in [6.07, 6.45) is 3.77. The summed E-state index contributed by atoms with van der Waals surface area (Å²) >= 11 is 3.24. The number of allylic oxidation sites excluding steroid dienone is 6. The first-order chi connectivity index (χ1) is 19.8. The number of nitrogens with zero attached hydrogens (tertiary/aromatic N) is 2. The Labute approximate surface area is 245 Å². The maximum atomic E-state index is 14.1. The van der Waals surface area contributed by atoms with Crippen molar-refractivity contribution in [2.24, 2.45) is 17.8 Å². The van der Waals surface area contributed by atoms with E-state index in [-0.39, 0.29) is 40.0 Å². The molecule has 4 atom stereocenters. The fourth-order valence-electron chi connectivity index (χ4n) is 7.18. The number of rotatable bonds is 3. The highest BCUT2D eigenvalue weighted by atomic mass is 79.9. The molecule has 0 bridgehead atoms. The number of fused-ring (bicyclic) bond motifs is 3. The van der Waals surface area contributed by atoms with Crippen molar-refractivity contribution in [3.8, 4) is 5.75 Å². The number of para-hydroxylation sites is 1. The van der Waals surface area contributed by atoms with E-state index in [1.54, 1.807) is 24.3 Å². The van der Waals surface area contributed by atoms with Crippen molar-refractivity contribution in [2.45, 2.75) is 18.8 Å². The molecule has 0 aromatic heterocycles. The molecule has 0 radical (unpaired) electrons. The van der Waals surface area contributed by atoms with Crippen molar-refractivity contribution in [1.82, 2.24) is 0 Å². The number of anilines is 2. The van der Waals surface area contributed by atoms with E-state index in [9.17, 15) is 24.3 Å². The largest absolute Gasteiger partial charge is 0.508 e. The Kier molecular flexibility index (Phi) is 6.32. The highest BCUT2D eigenvalue weighted by Crippen LogP contribution is 2.56. The molecule has 9 heteroatoms. The van der Waals surface area contributed by atoms with Gasteiger partial charge >= 0.3 is 0 Å². The van der Waals surface area contributed by atoms with Crippen LogP contribution >= 0.6 is 15.9 Å². The first-order valence-electron chi connectivity index (χ1n) is 13.8. The minimum atomic E-state index is -0.677. The van der Waals surface area contributed by atoms with E-state index in [1.165, 1.54) is 11.0 Å². The van der Waals surface area contributed by atoms with Gasteiger partial charge in [-0.1, -0.05) is 29.8 Å². The molecule has 1 N–H and O–H groups in total. The molecule has 2 aromatic rings. The SMILES string of the molecule is O=C1C=C(Br)C(=O)C2=C1C(c1ccccc1O)C1=CCC3C(=O)N(c4ccc(N5CCOCC5)cc4)C(=O)C3C1C2. The van der Waals surface area contributed by atoms with Gasteiger partial charge in [-0.3, -0.25) is 24.1 Å². The Hall–Kier alpha value is -3.82. The zero-order chi connectivity index (χ0) is 28.4. The minimum Gasteiger partial charge on any atom is -0.508 e. The molecular formula is C32H27BrN2O6. The van der Waals surface area contributed by atoms with Crippen LogP contribution in [0.4, 0.5) is 11.4 Å². The van der Waals surface area contributed by atoms with Crippen LogP contribution in [0.15, 0.2) is 81.9 Å². The van der Waals surface area contributed by atoms with E-state index in [2.05, 4.69) is 20.8 Å². The lowest BCUT2D eigenvalue weighted by Crippen LogP contribution is -2.39. The molecule has 5 aliphatic rings. The van der Waals surface area contributed by atoms with E-state index < -0.39 is 23.7 Å². The highest BCUT2D eigenvalue weighted by molar-refractivity contribution is 9.12. The molecular weight excluding hydrogens is 588 g/mol. The number of Topliss-reactive ketones (excluding diaryl/α,β-unsaturated/α-hetero) is 1. The summed E-state index contributed by atoms with van der Waals surface area (Å²) < 4.78 is 5.61. The summed E-state index contributed by atoms with van der Waals surface area (Å²) in [7, 11) is 0. The topological polar surface area (TPSA) is 104 Å². The Balaban J connectivity index is 1.27. The lowest BCUT2D eigenvalue weighted by molar-refractivity contribution is -0.123. The fourth-order valence-corrected chi connectivity index (χ4v) is 7.63. The fraction of sp³-hybridized carbons (Fsp3) is 0.312. The summed E-state index contributed by atoms with van der Waals surface area (Å²) in [5.74, 6) is -3.49. The van der Waals surface area contributed by atoms with Gasteiger partial charge < -0.3 is 14.7 Å². The first kappa shape index (κ1) is 26.1. The number of amides is 2. The van der Waals surface area contributed by atoms with Crippen molar-refractivity contribution < 1.29 is 29.0 Å². The number of morpholine rings is 1. The number of hydrogen-bond donors (Lipinski definition) is 1. The zero-order valence-electron chi connectivity index (χ0n) is 22.1. The molecule has 41 heavy (non-hydrogen) atoms. The van der Waals surface area contributed by atoms with Crippen LogP contribution in [0.3, 0.4) is 0 Å². The first-order valence-corrected chi connectivity index (χ1v) is 14.6. The third-order valence-corrected chi connectivity index (χ3v) is 9.65. The number of phenolic OH excluding ortho intramolecular Hbond substituents is 1.